The number of likely N-dealkylation sites (N-methyl/N-ethyl adjacent to an activating group) is 1. The lowest BCUT2D eigenvalue weighted by molar-refractivity contribution is -0.139. The largest absolute Gasteiger partial charge is 0.416 e. The van der Waals surface area contributed by atoms with Crippen LogP contribution in [0.25, 0.3) is 0 Å². The smallest absolute Gasteiger partial charge is 0.355 e. The van der Waals surface area contributed by atoms with Gasteiger partial charge in [0.25, 0.3) is 10.0 Å². The summed E-state index contributed by atoms with van der Waals surface area (Å²) in [4.78, 5) is 27.5. The molecule has 0 radical (unpaired) electrons. The summed E-state index contributed by atoms with van der Waals surface area (Å²) in [7, 11) is -4.46. The van der Waals surface area contributed by atoms with Crippen LogP contribution in [0.3, 0.4) is 0 Å². The molecule has 39 heavy (non-hydrogen) atoms. The van der Waals surface area contributed by atoms with E-state index in [1.807, 2.05) is 19.1 Å². The Bertz CT molecular complexity index is 1410. The van der Waals surface area contributed by atoms with E-state index in [1.54, 1.807) is 25.1 Å². The summed E-state index contributed by atoms with van der Waals surface area (Å²) in [6.07, 6.45) is -4.73. The molecule has 0 fully saturated rings. The minimum Gasteiger partial charge on any atom is -0.355 e. The van der Waals surface area contributed by atoms with Gasteiger partial charge in [0.15, 0.2) is 0 Å². The molecule has 7 nitrogen and oxygen atoms in total. The highest BCUT2D eigenvalue weighted by atomic mass is 32.2. The van der Waals surface area contributed by atoms with Gasteiger partial charge in [-0.25, -0.2) is 8.42 Å². The van der Waals surface area contributed by atoms with Crippen molar-refractivity contribution in [2.45, 2.75) is 44.4 Å². The van der Waals surface area contributed by atoms with Crippen LogP contribution in [-0.2, 0) is 32.3 Å². The van der Waals surface area contributed by atoms with Crippen molar-refractivity contribution in [3.05, 3.63) is 95.6 Å². The number of nitrogens with zero attached hydrogens (tertiary/aromatic N) is 2. The summed E-state index contributed by atoms with van der Waals surface area (Å²) in [5.41, 5.74) is 0.232. The Hall–Kier alpha value is -3.86. The summed E-state index contributed by atoms with van der Waals surface area (Å²) in [6.45, 7) is 4.58. The molecule has 3 aromatic carbocycles. The number of carbonyl (C=O) groups is 2. The number of hydrogen-bond acceptors (Lipinski definition) is 4. The standard InChI is InChI=1S/C28H30F3N3O4S/c1-4-32-27(36)21(3)33(18-22-11-8-10-20(2)16-22)26(35)19-34(39(37,38)25-14-6-5-7-15-25)24-13-9-12-23(17-24)28(29,30)31/h5-17,21H,4,18-19H2,1-3H3,(H,32,36). The van der Waals surface area contributed by atoms with Crippen molar-refractivity contribution in [3.8, 4) is 0 Å². The first-order chi connectivity index (χ1) is 18.3. The van der Waals surface area contributed by atoms with E-state index < -0.39 is 46.2 Å². The molecular weight excluding hydrogens is 531 g/mol. The monoisotopic (exact) mass is 561 g/mol. The molecule has 1 atom stereocenters. The van der Waals surface area contributed by atoms with Gasteiger partial charge in [-0.3, -0.25) is 13.9 Å². The van der Waals surface area contributed by atoms with E-state index in [-0.39, 0.29) is 17.1 Å². The highest BCUT2D eigenvalue weighted by Gasteiger charge is 2.35. The lowest BCUT2D eigenvalue weighted by Gasteiger charge is -2.32. The first-order valence-corrected chi connectivity index (χ1v) is 13.7. The Morgan fingerprint density at radius 2 is 1.62 bits per heavy atom. The Labute approximate surface area is 226 Å². The van der Waals surface area contributed by atoms with Gasteiger partial charge in [0.2, 0.25) is 11.8 Å². The molecule has 0 aromatic heterocycles. The predicted molar refractivity (Wildman–Crippen MR) is 142 cm³/mol. The van der Waals surface area contributed by atoms with E-state index in [0.29, 0.717) is 22.5 Å². The Balaban J connectivity index is 2.08. The zero-order valence-corrected chi connectivity index (χ0v) is 22.6. The third-order valence-electron chi connectivity index (χ3n) is 6.03. The summed E-state index contributed by atoms with van der Waals surface area (Å²) >= 11 is 0. The Morgan fingerprint density at radius 1 is 0.949 bits per heavy atom. The van der Waals surface area contributed by atoms with E-state index in [9.17, 15) is 31.2 Å². The molecule has 0 bridgehead atoms. The third kappa shape index (κ3) is 7.38. The van der Waals surface area contributed by atoms with E-state index in [1.165, 1.54) is 42.2 Å². The Morgan fingerprint density at radius 3 is 2.23 bits per heavy atom. The predicted octanol–water partition coefficient (Wildman–Crippen LogP) is 4.76. The number of halogens is 3. The molecule has 1 N–H and O–H groups in total. The lowest BCUT2D eigenvalue weighted by Crippen LogP contribution is -2.51. The average molecular weight is 562 g/mol. The SMILES string of the molecule is CCNC(=O)C(C)N(Cc1cccc(C)c1)C(=O)CN(c1cccc(C(F)(F)F)c1)S(=O)(=O)c1ccccc1. The van der Waals surface area contributed by atoms with Crippen molar-refractivity contribution in [3.63, 3.8) is 0 Å². The average Bonchev–Trinajstić information content (AvgIpc) is 2.90. The second-order valence-electron chi connectivity index (χ2n) is 8.95. The van der Waals surface area contributed by atoms with Gasteiger partial charge in [-0.05, 0) is 56.7 Å². The van der Waals surface area contributed by atoms with E-state index in [0.717, 1.165) is 17.7 Å². The molecule has 2 amide bonds. The van der Waals surface area contributed by atoms with Crippen LogP contribution in [0.4, 0.5) is 18.9 Å². The van der Waals surface area contributed by atoms with Gasteiger partial charge >= 0.3 is 6.18 Å². The Kier molecular flexibility index (Phi) is 9.39. The topological polar surface area (TPSA) is 86.8 Å². The number of aryl methyl sites for hydroxylation is 1. The molecule has 0 saturated heterocycles. The van der Waals surface area contributed by atoms with Crippen molar-refractivity contribution >= 4 is 27.5 Å². The van der Waals surface area contributed by atoms with Gasteiger partial charge in [-0.2, -0.15) is 13.2 Å². The van der Waals surface area contributed by atoms with Crippen LogP contribution in [0.15, 0.2) is 83.8 Å². The van der Waals surface area contributed by atoms with Crippen LogP contribution in [0.1, 0.15) is 30.5 Å². The van der Waals surface area contributed by atoms with Crippen molar-refractivity contribution in [1.29, 1.82) is 0 Å². The molecule has 0 heterocycles. The van der Waals surface area contributed by atoms with Crippen molar-refractivity contribution < 1.29 is 31.2 Å². The highest BCUT2D eigenvalue weighted by Crippen LogP contribution is 2.33. The van der Waals surface area contributed by atoms with Gasteiger partial charge in [-0.15, -0.1) is 0 Å². The van der Waals surface area contributed by atoms with Crippen LogP contribution in [0, 0.1) is 6.92 Å². The molecule has 0 aliphatic rings. The molecule has 0 aliphatic carbocycles. The zero-order chi connectivity index (χ0) is 28.8. The summed E-state index contributed by atoms with van der Waals surface area (Å²) < 4.78 is 68.4. The minimum atomic E-state index is -4.73. The zero-order valence-electron chi connectivity index (χ0n) is 21.8. The number of carbonyl (C=O) groups excluding carboxylic acids is 2. The van der Waals surface area contributed by atoms with Crippen LogP contribution in [0.2, 0.25) is 0 Å². The highest BCUT2D eigenvalue weighted by molar-refractivity contribution is 7.92. The number of anilines is 1. The van der Waals surface area contributed by atoms with E-state index >= 15 is 0 Å². The number of sulfonamides is 1. The first-order valence-electron chi connectivity index (χ1n) is 12.2. The number of rotatable bonds is 10. The van der Waals surface area contributed by atoms with Gasteiger partial charge < -0.3 is 10.2 Å². The molecule has 1 unspecified atom stereocenters. The molecule has 0 saturated carbocycles. The van der Waals surface area contributed by atoms with Gasteiger partial charge in [-0.1, -0.05) is 54.1 Å². The van der Waals surface area contributed by atoms with E-state index in [2.05, 4.69) is 5.32 Å². The third-order valence-corrected chi connectivity index (χ3v) is 7.81. The van der Waals surface area contributed by atoms with Crippen LogP contribution >= 0.6 is 0 Å². The number of benzene rings is 3. The summed E-state index contributed by atoms with van der Waals surface area (Å²) in [5, 5.41) is 2.65. The maximum atomic E-state index is 13.7. The summed E-state index contributed by atoms with van der Waals surface area (Å²) in [5.74, 6) is -1.21. The maximum absolute atomic E-state index is 13.7. The minimum absolute atomic E-state index is 0.0133. The van der Waals surface area contributed by atoms with Crippen molar-refractivity contribution in [2.24, 2.45) is 0 Å². The number of alkyl halides is 3. The van der Waals surface area contributed by atoms with Gasteiger partial charge in [0.1, 0.15) is 12.6 Å². The molecule has 0 spiro atoms. The number of nitrogens with one attached hydrogen (secondary N) is 1. The maximum Gasteiger partial charge on any atom is 0.416 e. The fraction of sp³-hybridized carbons (Fsp3) is 0.286. The lowest BCUT2D eigenvalue weighted by atomic mass is 10.1. The second kappa shape index (κ2) is 12.3. The molecule has 3 rings (SSSR count). The van der Waals surface area contributed by atoms with Crippen LogP contribution < -0.4 is 9.62 Å². The van der Waals surface area contributed by atoms with Crippen LogP contribution in [-0.4, -0.2) is 44.3 Å². The molecule has 0 aliphatic heterocycles. The van der Waals surface area contributed by atoms with Crippen molar-refractivity contribution in [1.82, 2.24) is 10.2 Å². The second-order valence-corrected chi connectivity index (χ2v) is 10.8. The quantitative estimate of drug-likeness (QED) is 0.387. The number of hydrogen-bond donors (Lipinski definition) is 1. The van der Waals surface area contributed by atoms with E-state index in [4.69, 9.17) is 0 Å². The normalized spacial score (nSPS) is 12.5. The fourth-order valence-electron chi connectivity index (χ4n) is 4.00. The van der Waals surface area contributed by atoms with Gasteiger partial charge in [0.05, 0.1) is 16.1 Å². The molecule has 208 valence electrons. The summed E-state index contributed by atoms with van der Waals surface area (Å²) in [6, 6.07) is 17.2. The first kappa shape index (κ1) is 29.7. The number of amides is 2. The fourth-order valence-corrected chi connectivity index (χ4v) is 5.42. The van der Waals surface area contributed by atoms with Crippen molar-refractivity contribution in [2.75, 3.05) is 17.4 Å². The molecule has 3 aromatic rings. The van der Waals surface area contributed by atoms with Gasteiger partial charge in [0, 0.05) is 13.1 Å². The van der Waals surface area contributed by atoms with Crippen LogP contribution in [0.5, 0.6) is 0 Å². The molecule has 11 heteroatoms. The molecular formula is C28H30F3N3O4S.